The van der Waals surface area contributed by atoms with Crippen LogP contribution in [0.2, 0.25) is 0 Å². The molecule has 2 heterocycles. The Bertz CT molecular complexity index is 1860. The van der Waals surface area contributed by atoms with Gasteiger partial charge in [0.2, 0.25) is 0 Å². The van der Waals surface area contributed by atoms with Crippen molar-refractivity contribution in [3.63, 3.8) is 0 Å². The summed E-state index contributed by atoms with van der Waals surface area (Å²) in [4.78, 5) is 59.7. The molecule has 0 bridgehead atoms. The number of unbranched alkanes of at least 4 members (excludes halogenated alkanes) is 3. The summed E-state index contributed by atoms with van der Waals surface area (Å²) >= 11 is 0. The van der Waals surface area contributed by atoms with E-state index in [2.05, 4.69) is 39.3 Å². The first-order valence-corrected chi connectivity index (χ1v) is 18.8. The van der Waals surface area contributed by atoms with E-state index >= 15 is 0 Å². The average Bonchev–Trinajstić information content (AvgIpc) is 4.04. The number of halogens is 1. The SMILES string of the molecule is C=Cc1cc(C(=O)Nc2ccc(C(=N)NC(=O)OCCCCCC)cc2)c(-c2ccc(C(=O)NCC3CC3)nc2C(=O)OCCN2CCOCC2)cc1OC.Cl. The molecule has 56 heavy (non-hydrogen) atoms. The third-order valence-electron chi connectivity index (χ3n) is 9.33. The van der Waals surface area contributed by atoms with E-state index < -0.39 is 23.9 Å². The zero-order valence-corrected chi connectivity index (χ0v) is 32.8. The molecule has 0 spiro atoms. The van der Waals surface area contributed by atoms with E-state index in [1.807, 2.05) is 0 Å². The number of anilines is 1. The van der Waals surface area contributed by atoms with Crippen molar-refractivity contribution in [3.8, 4) is 16.9 Å². The van der Waals surface area contributed by atoms with Crippen molar-refractivity contribution in [2.24, 2.45) is 5.92 Å². The Morgan fingerprint density at radius 1 is 0.964 bits per heavy atom. The number of benzene rings is 2. The third kappa shape index (κ3) is 12.4. The monoisotopic (exact) mass is 790 g/mol. The van der Waals surface area contributed by atoms with Crippen molar-refractivity contribution >= 4 is 53.9 Å². The highest BCUT2D eigenvalue weighted by atomic mass is 35.5. The number of rotatable bonds is 18. The number of amides is 3. The number of amidine groups is 1. The molecule has 2 fully saturated rings. The van der Waals surface area contributed by atoms with E-state index in [9.17, 15) is 19.2 Å². The summed E-state index contributed by atoms with van der Waals surface area (Å²) in [5, 5.41) is 16.5. The second-order valence-electron chi connectivity index (χ2n) is 13.4. The molecule has 1 aromatic heterocycles. The molecule has 0 atom stereocenters. The number of pyridine rings is 1. The topological polar surface area (TPSA) is 181 Å². The number of carbonyl (C=O) groups excluding carboxylic acids is 4. The Hall–Kier alpha value is -5.31. The molecular formula is C41H51ClN6O8. The maximum Gasteiger partial charge on any atom is 0.412 e. The lowest BCUT2D eigenvalue weighted by molar-refractivity contribution is 0.0193. The van der Waals surface area contributed by atoms with Crippen molar-refractivity contribution in [1.82, 2.24) is 20.5 Å². The highest BCUT2D eigenvalue weighted by Crippen LogP contribution is 2.35. The number of nitrogens with one attached hydrogen (secondary N) is 4. The van der Waals surface area contributed by atoms with Crippen LogP contribution in [-0.4, -0.2) is 99.3 Å². The summed E-state index contributed by atoms with van der Waals surface area (Å²) in [6.07, 6.45) is 6.82. The minimum atomic E-state index is -0.745. The van der Waals surface area contributed by atoms with Crippen molar-refractivity contribution in [2.75, 3.05) is 65.0 Å². The van der Waals surface area contributed by atoms with E-state index in [0.717, 1.165) is 51.6 Å². The zero-order chi connectivity index (χ0) is 39.2. The van der Waals surface area contributed by atoms with Gasteiger partial charge in [-0.1, -0.05) is 38.8 Å². The van der Waals surface area contributed by atoms with Crippen LogP contribution in [0.15, 0.2) is 55.1 Å². The van der Waals surface area contributed by atoms with Gasteiger partial charge in [-0.2, -0.15) is 0 Å². The highest BCUT2D eigenvalue weighted by molar-refractivity contribution is 6.11. The lowest BCUT2D eigenvalue weighted by Crippen LogP contribution is -2.38. The first-order valence-electron chi connectivity index (χ1n) is 18.8. The van der Waals surface area contributed by atoms with Gasteiger partial charge >= 0.3 is 12.1 Å². The molecule has 1 aliphatic carbocycles. The number of alkyl carbamates (subject to hydrolysis) is 1. The number of esters is 1. The fourth-order valence-electron chi connectivity index (χ4n) is 5.93. The van der Waals surface area contributed by atoms with Crippen molar-refractivity contribution in [3.05, 3.63) is 83.2 Å². The minimum Gasteiger partial charge on any atom is -0.496 e. The number of carbonyl (C=O) groups is 4. The fraction of sp³-hybridized carbons (Fsp3) is 0.415. The quantitative estimate of drug-likeness (QED) is 0.0492. The molecule has 0 radical (unpaired) electrons. The molecule has 1 saturated heterocycles. The number of nitrogens with zero attached hydrogens (tertiary/aromatic N) is 2. The number of morpholine rings is 1. The Morgan fingerprint density at radius 3 is 2.39 bits per heavy atom. The van der Waals surface area contributed by atoms with Gasteiger partial charge in [-0.25, -0.2) is 14.6 Å². The molecule has 300 valence electrons. The molecule has 3 aromatic rings. The number of methoxy groups -OCH3 is 1. The van der Waals surface area contributed by atoms with Gasteiger partial charge in [0.15, 0.2) is 5.69 Å². The minimum absolute atomic E-state index is 0. The average molecular weight is 791 g/mol. The van der Waals surface area contributed by atoms with Gasteiger partial charge < -0.3 is 29.6 Å². The number of ether oxygens (including phenoxy) is 4. The van der Waals surface area contributed by atoms with Crippen LogP contribution in [0.3, 0.4) is 0 Å². The molecular weight excluding hydrogens is 740 g/mol. The van der Waals surface area contributed by atoms with E-state index in [4.69, 9.17) is 24.4 Å². The van der Waals surface area contributed by atoms with Crippen molar-refractivity contribution in [1.29, 1.82) is 5.41 Å². The third-order valence-corrected chi connectivity index (χ3v) is 9.33. The predicted octanol–water partition coefficient (Wildman–Crippen LogP) is 6.33. The van der Waals surface area contributed by atoms with Crippen LogP contribution in [0, 0.1) is 11.3 Å². The fourth-order valence-corrected chi connectivity index (χ4v) is 5.93. The lowest BCUT2D eigenvalue weighted by atomic mass is 9.94. The summed E-state index contributed by atoms with van der Waals surface area (Å²) in [5.74, 6) is -0.986. The summed E-state index contributed by atoms with van der Waals surface area (Å²) in [6.45, 7) is 10.0. The first-order chi connectivity index (χ1) is 26.7. The number of hydrogen-bond donors (Lipinski definition) is 4. The Labute approximate surface area is 333 Å². The largest absolute Gasteiger partial charge is 0.496 e. The predicted molar refractivity (Wildman–Crippen MR) is 216 cm³/mol. The van der Waals surface area contributed by atoms with Crippen molar-refractivity contribution < 1.29 is 38.1 Å². The van der Waals surface area contributed by atoms with Gasteiger partial charge in [0.25, 0.3) is 11.8 Å². The Morgan fingerprint density at radius 2 is 1.71 bits per heavy atom. The summed E-state index contributed by atoms with van der Waals surface area (Å²) in [5.41, 5.74) is 2.02. The van der Waals surface area contributed by atoms with Crippen LogP contribution in [-0.2, 0) is 14.2 Å². The maximum absolute atomic E-state index is 14.0. The van der Waals surface area contributed by atoms with Gasteiger partial charge in [0, 0.05) is 59.7 Å². The van der Waals surface area contributed by atoms with E-state index in [1.54, 1.807) is 48.5 Å². The number of hydrogen-bond acceptors (Lipinski definition) is 11. The molecule has 0 unspecified atom stereocenters. The van der Waals surface area contributed by atoms with Crippen LogP contribution in [0.4, 0.5) is 10.5 Å². The molecule has 5 rings (SSSR count). The molecule has 14 nitrogen and oxygen atoms in total. The lowest BCUT2D eigenvalue weighted by Gasteiger charge is -2.26. The second-order valence-corrected chi connectivity index (χ2v) is 13.4. The van der Waals surface area contributed by atoms with Crippen LogP contribution in [0.5, 0.6) is 5.75 Å². The van der Waals surface area contributed by atoms with E-state index in [1.165, 1.54) is 13.2 Å². The maximum atomic E-state index is 14.0. The van der Waals surface area contributed by atoms with Crippen LogP contribution in [0.1, 0.15) is 87.9 Å². The highest BCUT2D eigenvalue weighted by Gasteiger charge is 2.27. The smallest absolute Gasteiger partial charge is 0.412 e. The normalized spacial score (nSPS) is 13.8. The van der Waals surface area contributed by atoms with Crippen LogP contribution < -0.4 is 20.7 Å². The van der Waals surface area contributed by atoms with Crippen molar-refractivity contribution in [2.45, 2.75) is 45.4 Å². The molecule has 15 heteroatoms. The molecule has 4 N–H and O–H groups in total. The second kappa shape index (κ2) is 21.7. The van der Waals surface area contributed by atoms with Gasteiger partial charge in [-0.15, -0.1) is 12.4 Å². The van der Waals surface area contributed by atoms with Crippen LogP contribution >= 0.6 is 12.4 Å². The van der Waals surface area contributed by atoms with Crippen LogP contribution in [0.25, 0.3) is 17.2 Å². The standard InChI is InChI=1S/C41H50N6O8.ClH/c1-4-6-7-8-20-55-41(51)46-37(42)29-11-13-30(14-12-29)44-38(48)33-24-28(5-2)35(52-3)25-32(33)31-15-16-34(39(49)43-26-27-9-10-27)45-36(31)40(50)54-23-19-47-17-21-53-22-18-47;/h5,11-16,24-25,27H,2,4,6-10,17-23,26H2,1,3H3,(H,43,49)(H,44,48)(H2,42,46,51);1H. The number of aromatic nitrogens is 1. The van der Waals surface area contributed by atoms with Gasteiger partial charge in [0.1, 0.15) is 23.9 Å². The van der Waals surface area contributed by atoms with Gasteiger partial charge in [0.05, 0.1) is 26.9 Å². The summed E-state index contributed by atoms with van der Waals surface area (Å²) in [7, 11) is 1.49. The van der Waals surface area contributed by atoms with Gasteiger partial charge in [-0.3, -0.25) is 25.2 Å². The molecule has 1 saturated carbocycles. The molecule has 3 amide bonds. The Kier molecular flexibility index (Phi) is 16.8. The molecule has 1 aliphatic heterocycles. The van der Waals surface area contributed by atoms with E-state index in [0.29, 0.717) is 60.3 Å². The van der Waals surface area contributed by atoms with Gasteiger partial charge in [-0.05, 0) is 73.7 Å². The Balaban J connectivity index is 0.00000696. The van der Waals surface area contributed by atoms with E-state index in [-0.39, 0.29) is 54.0 Å². The first kappa shape index (κ1) is 43.4. The molecule has 2 aromatic carbocycles. The summed E-state index contributed by atoms with van der Waals surface area (Å²) in [6, 6.07) is 12.7. The molecule has 2 aliphatic rings. The summed E-state index contributed by atoms with van der Waals surface area (Å²) < 4.78 is 21.9. The zero-order valence-electron chi connectivity index (χ0n) is 31.9.